The Kier molecular flexibility index (Phi) is 7.22. The molecule has 1 saturated carbocycles. The summed E-state index contributed by atoms with van der Waals surface area (Å²) in [6.45, 7) is 3.41. The van der Waals surface area contributed by atoms with Gasteiger partial charge in [0, 0.05) is 12.1 Å². The van der Waals surface area contributed by atoms with Crippen LogP contribution in [0.15, 0.2) is 22.6 Å². The Balaban J connectivity index is 1.95. The first-order chi connectivity index (χ1) is 15.1. The molecule has 0 bridgehead atoms. The van der Waals surface area contributed by atoms with Crippen molar-refractivity contribution in [2.75, 3.05) is 6.61 Å². The van der Waals surface area contributed by atoms with Gasteiger partial charge in [0.1, 0.15) is 5.69 Å². The average molecular weight is 453 g/mol. The maximum atomic E-state index is 12.8. The molecule has 176 valence electrons. The van der Waals surface area contributed by atoms with Crippen LogP contribution in [0.5, 0.6) is 11.5 Å². The van der Waals surface area contributed by atoms with Gasteiger partial charge < -0.3 is 30.1 Å². The van der Waals surface area contributed by atoms with Gasteiger partial charge in [0.05, 0.1) is 6.61 Å². The van der Waals surface area contributed by atoms with Gasteiger partial charge in [-0.2, -0.15) is 8.78 Å². The highest BCUT2D eigenvalue weighted by Crippen LogP contribution is 2.39. The summed E-state index contributed by atoms with van der Waals surface area (Å²) in [5.74, 6) is 0.998. The van der Waals surface area contributed by atoms with E-state index in [1.165, 1.54) is 18.2 Å². The lowest BCUT2D eigenvalue weighted by Crippen LogP contribution is -2.22. The lowest BCUT2D eigenvalue weighted by Gasteiger charge is -2.24. The predicted molar refractivity (Wildman–Crippen MR) is 112 cm³/mol. The summed E-state index contributed by atoms with van der Waals surface area (Å²) in [7, 11) is 0. The van der Waals surface area contributed by atoms with E-state index < -0.39 is 18.8 Å². The van der Waals surface area contributed by atoms with Crippen LogP contribution in [0.3, 0.4) is 0 Å². The number of oxazole rings is 1. The number of aromatic nitrogens is 1. The van der Waals surface area contributed by atoms with Crippen molar-refractivity contribution in [2.45, 2.75) is 59.3 Å². The average Bonchev–Trinajstić information content (AvgIpc) is 3.41. The fraction of sp³-hybridized carbons (Fsp3) is 0.545. The Labute approximate surface area is 185 Å². The number of carbonyl (C=O) groups excluding carboxylic acids is 1. The molecular formula is C22H29F2N3O5. The topological polar surface area (TPSA) is 123 Å². The molecule has 1 aromatic carbocycles. The number of halogens is 2. The summed E-state index contributed by atoms with van der Waals surface area (Å²) in [4.78, 5) is 15.9. The molecule has 1 amide bonds. The number of hydrogen-bond donors (Lipinski definition) is 2. The number of nitrogens with two attached hydrogens (primary N) is 2. The van der Waals surface area contributed by atoms with Crippen molar-refractivity contribution in [1.82, 2.24) is 4.98 Å². The van der Waals surface area contributed by atoms with Crippen molar-refractivity contribution in [1.29, 1.82) is 0 Å². The van der Waals surface area contributed by atoms with Crippen LogP contribution in [0.2, 0.25) is 0 Å². The zero-order chi connectivity index (χ0) is 23.5. The van der Waals surface area contributed by atoms with Gasteiger partial charge in [0.2, 0.25) is 5.89 Å². The highest BCUT2D eigenvalue weighted by Gasteiger charge is 2.30. The van der Waals surface area contributed by atoms with E-state index in [0.717, 1.165) is 12.8 Å². The minimum Gasteiger partial charge on any atom is -0.489 e. The summed E-state index contributed by atoms with van der Waals surface area (Å²) in [6, 6.07) is 4.44. The molecule has 4 N–H and O–H groups in total. The summed E-state index contributed by atoms with van der Waals surface area (Å²) in [5.41, 5.74) is 11.8. The second kappa shape index (κ2) is 9.72. The third-order valence-corrected chi connectivity index (χ3v) is 4.85. The lowest BCUT2D eigenvalue weighted by atomic mass is 9.88. The first-order valence-electron chi connectivity index (χ1n) is 10.4. The van der Waals surface area contributed by atoms with E-state index in [1.807, 2.05) is 20.8 Å². The molecule has 1 aliphatic rings. The second-order valence-electron chi connectivity index (χ2n) is 9.02. The molecular weight excluding hydrogens is 424 g/mol. The predicted octanol–water partition coefficient (Wildman–Crippen LogP) is 4.76. The fourth-order valence-corrected chi connectivity index (χ4v) is 3.21. The van der Waals surface area contributed by atoms with Crippen molar-refractivity contribution in [3.8, 4) is 23.0 Å². The number of ether oxygens (including phenoxy) is 3. The molecule has 1 heterocycles. The lowest BCUT2D eigenvalue weighted by molar-refractivity contribution is -0.0515. The van der Waals surface area contributed by atoms with Crippen molar-refractivity contribution < 1.29 is 32.2 Å². The van der Waals surface area contributed by atoms with E-state index >= 15 is 0 Å². The van der Waals surface area contributed by atoms with Crippen molar-refractivity contribution in [3.63, 3.8) is 0 Å². The molecule has 8 nitrogen and oxygen atoms in total. The summed E-state index contributed by atoms with van der Waals surface area (Å²) in [6.07, 6.45) is 0.795. The maximum Gasteiger partial charge on any atom is 0.405 e. The zero-order valence-electron chi connectivity index (χ0n) is 18.4. The largest absolute Gasteiger partial charge is 0.489 e. The van der Waals surface area contributed by atoms with E-state index in [1.54, 1.807) is 0 Å². The summed E-state index contributed by atoms with van der Waals surface area (Å²) < 4.78 is 47.1. The first kappa shape index (κ1) is 23.8. The van der Waals surface area contributed by atoms with Gasteiger partial charge in [-0.15, -0.1) is 0 Å². The van der Waals surface area contributed by atoms with Crippen LogP contribution >= 0.6 is 0 Å². The van der Waals surface area contributed by atoms with Crippen molar-refractivity contribution >= 4 is 6.09 Å². The number of alkyl halides is 2. The molecule has 0 unspecified atom stereocenters. The SMILES string of the molecule is CC(C)(C)C[C@H](OC(N)=O)c1oc(-c2ccc(OC(F)F)c(OCC3CC3)c2)nc1CN. The standard InChI is InChI=1S/C22H29F2N3O5/c1-22(2,3)9-17(31-21(26)28)18-14(10-25)27-19(32-18)13-6-7-15(30-20(23)24)16(8-13)29-11-12-4-5-12/h6-8,12,17,20H,4-5,9-11,25H2,1-3H3,(H2,26,28)/t17-/m0/s1. The Morgan fingerprint density at radius 2 is 2.00 bits per heavy atom. The Hall–Kier alpha value is -2.88. The molecule has 0 aliphatic heterocycles. The molecule has 3 rings (SSSR count). The van der Waals surface area contributed by atoms with Crippen molar-refractivity contribution in [2.24, 2.45) is 22.8 Å². The number of hydrogen-bond acceptors (Lipinski definition) is 7. The number of nitrogens with zero attached hydrogens (tertiary/aromatic N) is 1. The van der Waals surface area contributed by atoms with Gasteiger partial charge in [0.25, 0.3) is 0 Å². The molecule has 1 aromatic heterocycles. The Morgan fingerprint density at radius 3 is 2.56 bits per heavy atom. The van der Waals surface area contributed by atoms with Crippen LogP contribution in [0.1, 0.15) is 57.6 Å². The molecule has 0 spiro atoms. The van der Waals surface area contributed by atoms with Gasteiger partial charge in [-0.3, -0.25) is 0 Å². The first-order valence-corrected chi connectivity index (χ1v) is 10.4. The number of carbonyl (C=O) groups is 1. The molecule has 1 aliphatic carbocycles. The van der Waals surface area contributed by atoms with Gasteiger partial charge in [-0.25, -0.2) is 9.78 Å². The number of primary amides is 1. The molecule has 0 radical (unpaired) electrons. The zero-order valence-corrected chi connectivity index (χ0v) is 18.4. The summed E-state index contributed by atoms with van der Waals surface area (Å²) in [5, 5.41) is 0. The third kappa shape index (κ3) is 6.56. The Morgan fingerprint density at radius 1 is 1.28 bits per heavy atom. The number of benzene rings is 1. The highest BCUT2D eigenvalue weighted by atomic mass is 19.3. The van der Waals surface area contributed by atoms with E-state index in [0.29, 0.717) is 36.0 Å². The smallest absolute Gasteiger partial charge is 0.405 e. The van der Waals surface area contributed by atoms with Crippen LogP contribution in [0.4, 0.5) is 13.6 Å². The van der Waals surface area contributed by atoms with Crippen LogP contribution in [0, 0.1) is 11.3 Å². The normalized spacial score (nSPS) is 15.0. The van der Waals surface area contributed by atoms with Gasteiger partial charge >= 0.3 is 12.7 Å². The van der Waals surface area contributed by atoms with E-state index in [4.69, 9.17) is 25.4 Å². The number of amides is 1. The van der Waals surface area contributed by atoms with Crippen molar-refractivity contribution in [3.05, 3.63) is 29.7 Å². The van der Waals surface area contributed by atoms with Crippen LogP contribution in [0.25, 0.3) is 11.5 Å². The highest BCUT2D eigenvalue weighted by molar-refractivity contribution is 5.65. The molecule has 2 aromatic rings. The van der Waals surface area contributed by atoms with Gasteiger partial charge in [-0.05, 0) is 48.8 Å². The van der Waals surface area contributed by atoms with Crippen LogP contribution in [-0.4, -0.2) is 24.3 Å². The minimum atomic E-state index is -2.98. The summed E-state index contributed by atoms with van der Waals surface area (Å²) >= 11 is 0. The minimum absolute atomic E-state index is 0.0409. The Bertz CT molecular complexity index is 938. The quantitative estimate of drug-likeness (QED) is 0.531. The fourth-order valence-electron chi connectivity index (χ4n) is 3.21. The van der Waals surface area contributed by atoms with Gasteiger partial charge in [-0.1, -0.05) is 20.8 Å². The monoisotopic (exact) mass is 453 g/mol. The molecule has 0 saturated heterocycles. The van der Waals surface area contributed by atoms with Crippen LogP contribution in [-0.2, 0) is 11.3 Å². The third-order valence-electron chi connectivity index (χ3n) is 4.85. The van der Waals surface area contributed by atoms with E-state index in [2.05, 4.69) is 9.72 Å². The van der Waals surface area contributed by atoms with E-state index in [-0.39, 0.29) is 29.3 Å². The second-order valence-corrected chi connectivity index (χ2v) is 9.02. The molecule has 10 heteroatoms. The number of rotatable bonds is 10. The molecule has 1 atom stereocenters. The van der Waals surface area contributed by atoms with E-state index in [9.17, 15) is 13.6 Å². The van der Waals surface area contributed by atoms with Crippen LogP contribution < -0.4 is 20.9 Å². The molecule has 1 fully saturated rings. The maximum absolute atomic E-state index is 12.8. The van der Waals surface area contributed by atoms with Gasteiger partial charge in [0.15, 0.2) is 23.4 Å². The molecule has 32 heavy (non-hydrogen) atoms.